The van der Waals surface area contributed by atoms with Crippen LogP contribution in [0.4, 0.5) is 0 Å². The Morgan fingerprint density at radius 1 is 1.11 bits per heavy atom. The minimum Gasteiger partial charge on any atom is -0.490 e. The summed E-state index contributed by atoms with van der Waals surface area (Å²) in [5.74, 6) is 1.60. The number of piperidine rings is 1. The average Bonchev–Trinajstić information content (AvgIpc) is 2.74. The van der Waals surface area contributed by atoms with Crippen molar-refractivity contribution in [1.82, 2.24) is 4.90 Å². The van der Waals surface area contributed by atoms with Gasteiger partial charge in [0.2, 0.25) is 0 Å². The van der Waals surface area contributed by atoms with Crippen LogP contribution in [0.15, 0.2) is 48.5 Å². The number of rotatable bonds is 7. The molecular formula is C23H26N2O3. The van der Waals surface area contributed by atoms with Gasteiger partial charge in [-0.25, -0.2) is 0 Å². The molecule has 0 atom stereocenters. The van der Waals surface area contributed by atoms with Gasteiger partial charge in [-0.15, -0.1) is 0 Å². The lowest BCUT2D eigenvalue weighted by Gasteiger charge is -2.32. The van der Waals surface area contributed by atoms with Crippen LogP contribution in [0.3, 0.4) is 0 Å². The van der Waals surface area contributed by atoms with Gasteiger partial charge in [0.1, 0.15) is 0 Å². The normalized spacial score (nSPS) is 14.4. The zero-order valence-electron chi connectivity index (χ0n) is 16.3. The van der Waals surface area contributed by atoms with E-state index >= 15 is 0 Å². The summed E-state index contributed by atoms with van der Waals surface area (Å²) in [6.45, 7) is 3.85. The lowest BCUT2D eigenvalue weighted by atomic mass is 9.90. The SMILES string of the molecule is CCOc1cc(C#N)ccc1OCC(=O)N1CCC(Cc2ccccc2)CC1. The van der Waals surface area contributed by atoms with Crippen LogP contribution in [0.25, 0.3) is 0 Å². The maximum Gasteiger partial charge on any atom is 0.260 e. The molecule has 5 nitrogen and oxygen atoms in total. The van der Waals surface area contributed by atoms with Crippen molar-refractivity contribution >= 4 is 5.91 Å². The Balaban J connectivity index is 1.49. The van der Waals surface area contributed by atoms with Crippen molar-refractivity contribution < 1.29 is 14.3 Å². The molecule has 1 saturated heterocycles. The Kier molecular flexibility index (Phi) is 6.91. The van der Waals surface area contributed by atoms with Crippen molar-refractivity contribution in [3.05, 3.63) is 59.7 Å². The van der Waals surface area contributed by atoms with E-state index in [4.69, 9.17) is 14.7 Å². The number of hydrogen-bond donors (Lipinski definition) is 0. The van der Waals surface area contributed by atoms with E-state index in [0.29, 0.717) is 29.6 Å². The van der Waals surface area contributed by atoms with Gasteiger partial charge in [-0.05, 0) is 49.8 Å². The summed E-state index contributed by atoms with van der Waals surface area (Å²) in [4.78, 5) is 14.4. The second kappa shape index (κ2) is 9.80. The fourth-order valence-electron chi connectivity index (χ4n) is 3.53. The predicted molar refractivity (Wildman–Crippen MR) is 107 cm³/mol. The van der Waals surface area contributed by atoms with Gasteiger partial charge in [-0.2, -0.15) is 5.26 Å². The molecule has 0 bridgehead atoms. The zero-order valence-corrected chi connectivity index (χ0v) is 16.3. The van der Waals surface area contributed by atoms with E-state index < -0.39 is 0 Å². The average molecular weight is 378 g/mol. The van der Waals surface area contributed by atoms with E-state index in [9.17, 15) is 4.79 Å². The molecule has 0 N–H and O–H groups in total. The molecule has 146 valence electrons. The molecule has 1 amide bonds. The summed E-state index contributed by atoms with van der Waals surface area (Å²) >= 11 is 0. The van der Waals surface area contributed by atoms with Crippen molar-refractivity contribution in [1.29, 1.82) is 5.26 Å². The van der Waals surface area contributed by atoms with E-state index in [1.807, 2.05) is 17.9 Å². The molecule has 0 aromatic heterocycles. The van der Waals surface area contributed by atoms with Crippen LogP contribution in [0.1, 0.15) is 30.9 Å². The third kappa shape index (κ3) is 5.26. The highest BCUT2D eigenvalue weighted by Gasteiger charge is 2.23. The van der Waals surface area contributed by atoms with Gasteiger partial charge in [0.05, 0.1) is 18.2 Å². The van der Waals surface area contributed by atoms with Gasteiger partial charge < -0.3 is 14.4 Å². The Bertz CT molecular complexity index is 821. The fourth-order valence-corrected chi connectivity index (χ4v) is 3.53. The van der Waals surface area contributed by atoms with Crippen molar-refractivity contribution in [2.45, 2.75) is 26.2 Å². The number of amides is 1. The zero-order chi connectivity index (χ0) is 19.8. The van der Waals surface area contributed by atoms with Gasteiger partial charge in [0.15, 0.2) is 18.1 Å². The molecule has 0 radical (unpaired) electrons. The van der Waals surface area contributed by atoms with Crippen LogP contribution in [0, 0.1) is 17.2 Å². The third-order valence-electron chi connectivity index (χ3n) is 5.06. The molecule has 3 rings (SSSR count). The Hall–Kier alpha value is -3.00. The monoisotopic (exact) mass is 378 g/mol. The Labute approximate surface area is 166 Å². The second-order valence-corrected chi connectivity index (χ2v) is 7.01. The summed E-state index contributed by atoms with van der Waals surface area (Å²) in [5.41, 5.74) is 1.86. The molecule has 5 heteroatoms. The smallest absolute Gasteiger partial charge is 0.260 e. The summed E-state index contributed by atoms with van der Waals surface area (Å²) in [6, 6.07) is 17.6. The first-order valence-electron chi connectivity index (χ1n) is 9.81. The summed E-state index contributed by atoms with van der Waals surface area (Å²) in [5, 5.41) is 9.02. The van der Waals surface area contributed by atoms with Crippen molar-refractivity contribution in [2.75, 3.05) is 26.3 Å². The van der Waals surface area contributed by atoms with Crippen LogP contribution in [0.2, 0.25) is 0 Å². The van der Waals surface area contributed by atoms with Crippen LogP contribution in [0.5, 0.6) is 11.5 Å². The van der Waals surface area contributed by atoms with Crippen molar-refractivity contribution in [3.63, 3.8) is 0 Å². The van der Waals surface area contributed by atoms with Gasteiger partial charge in [0, 0.05) is 19.2 Å². The van der Waals surface area contributed by atoms with E-state index in [1.165, 1.54) is 5.56 Å². The van der Waals surface area contributed by atoms with Gasteiger partial charge in [-0.1, -0.05) is 30.3 Å². The predicted octanol–water partition coefficient (Wildman–Crippen LogP) is 3.82. The summed E-state index contributed by atoms with van der Waals surface area (Å²) in [7, 11) is 0. The first-order chi connectivity index (χ1) is 13.7. The van der Waals surface area contributed by atoms with Crippen molar-refractivity contribution in [2.24, 2.45) is 5.92 Å². The fraction of sp³-hybridized carbons (Fsp3) is 0.391. The van der Waals surface area contributed by atoms with E-state index in [0.717, 1.165) is 32.4 Å². The molecule has 2 aromatic rings. The van der Waals surface area contributed by atoms with Crippen LogP contribution in [-0.2, 0) is 11.2 Å². The molecule has 0 spiro atoms. The summed E-state index contributed by atoms with van der Waals surface area (Å²) < 4.78 is 11.2. The molecule has 0 aliphatic carbocycles. The van der Waals surface area contributed by atoms with Gasteiger partial charge in [-0.3, -0.25) is 4.79 Å². The minimum absolute atomic E-state index is 0.00929. The number of carbonyl (C=O) groups is 1. The molecule has 28 heavy (non-hydrogen) atoms. The highest BCUT2D eigenvalue weighted by Crippen LogP contribution is 2.28. The van der Waals surface area contributed by atoms with Crippen LogP contribution >= 0.6 is 0 Å². The maximum absolute atomic E-state index is 12.5. The minimum atomic E-state index is -0.0185. The number of nitrogens with zero attached hydrogens (tertiary/aromatic N) is 2. The lowest BCUT2D eigenvalue weighted by molar-refractivity contribution is -0.134. The molecule has 0 saturated carbocycles. The number of nitriles is 1. The Morgan fingerprint density at radius 3 is 2.54 bits per heavy atom. The quantitative estimate of drug-likeness (QED) is 0.735. The molecule has 1 fully saturated rings. The van der Waals surface area contributed by atoms with E-state index in [1.54, 1.807) is 18.2 Å². The lowest BCUT2D eigenvalue weighted by Crippen LogP contribution is -2.41. The molecule has 1 heterocycles. The van der Waals surface area contributed by atoms with Gasteiger partial charge in [0.25, 0.3) is 5.91 Å². The number of hydrogen-bond acceptors (Lipinski definition) is 4. The van der Waals surface area contributed by atoms with E-state index in [2.05, 4.69) is 30.3 Å². The standard InChI is InChI=1S/C23H26N2O3/c1-2-27-22-15-20(16-24)8-9-21(22)28-17-23(26)25-12-10-19(11-13-25)14-18-6-4-3-5-7-18/h3-9,15,19H,2,10-14,17H2,1H3. The highest BCUT2D eigenvalue weighted by atomic mass is 16.5. The molecular weight excluding hydrogens is 352 g/mol. The van der Waals surface area contributed by atoms with Crippen molar-refractivity contribution in [3.8, 4) is 17.6 Å². The van der Waals surface area contributed by atoms with Gasteiger partial charge >= 0.3 is 0 Å². The largest absolute Gasteiger partial charge is 0.490 e. The summed E-state index contributed by atoms with van der Waals surface area (Å²) in [6.07, 6.45) is 3.10. The van der Waals surface area contributed by atoms with Crippen LogP contribution < -0.4 is 9.47 Å². The first-order valence-corrected chi connectivity index (χ1v) is 9.81. The molecule has 1 aliphatic rings. The number of ether oxygens (including phenoxy) is 2. The third-order valence-corrected chi connectivity index (χ3v) is 5.06. The second-order valence-electron chi connectivity index (χ2n) is 7.01. The number of likely N-dealkylation sites (tertiary alicyclic amines) is 1. The molecule has 0 unspecified atom stereocenters. The maximum atomic E-state index is 12.5. The van der Waals surface area contributed by atoms with Crippen LogP contribution in [-0.4, -0.2) is 37.1 Å². The van der Waals surface area contributed by atoms with E-state index in [-0.39, 0.29) is 12.5 Å². The Morgan fingerprint density at radius 2 is 1.86 bits per heavy atom. The molecule has 2 aromatic carbocycles. The topological polar surface area (TPSA) is 62.6 Å². The number of benzene rings is 2. The highest BCUT2D eigenvalue weighted by molar-refractivity contribution is 5.78. The first kappa shape index (κ1) is 19.8. The number of carbonyl (C=O) groups excluding carboxylic acids is 1. The molecule has 1 aliphatic heterocycles.